The van der Waals surface area contributed by atoms with Crippen LogP contribution in [0.1, 0.15) is 27.8 Å². The number of benzene rings is 2. The lowest BCUT2D eigenvalue weighted by atomic mass is 10.0. The van der Waals surface area contributed by atoms with Crippen molar-refractivity contribution in [3.05, 3.63) is 52.1 Å². The van der Waals surface area contributed by atoms with E-state index in [1.807, 2.05) is 12.1 Å². The summed E-state index contributed by atoms with van der Waals surface area (Å²) in [5, 5.41) is 3.49. The highest BCUT2D eigenvalue weighted by Gasteiger charge is 2.15. The van der Waals surface area contributed by atoms with E-state index in [9.17, 15) is 0 Å². The molecule has 2 aromatic carbocycles. The Labute approximate surface area is 144 Å². The van der Waals surface area contributed by atoms with Gasteiger partial charge in [0.2, 0.25) is 5.75 Å². The van der Waals surface area contributed by atoms with Crippen LogP contribution in [0.15, 0.2) is 24.3 Å². The van der Waals surface area contributed by atoms with Gasteiger partial charge in [-0.05, 0) is 49.1 Å². The van der Waals surface area contributed by atoms with Crippen LogP contribution in [-0.4, -0.2) is 21.3 Å². The second kappa shape index (κ2) is 8.06. The molecule has 0 amide bonds. The van der Waals surface area contributed by atoms with Crippen LogP contribution in [0, 0.1) is 20.8 Å². The maximum Gasteiger partial charge on any atom is 0.203 e. The maximum atomic E-state index is 5.53. The Hall–Kier alpha value is -2.20. The second-order valence-corrected chi connectivity index (χ2v) is 5.96. The minimum atomic E-state index is 0.627. The summed E-state index contributed by atoms with van der Waals surface area (Å²) in [5.74, 6) is 2.01. The predicted octanol–water partition coefficient (Wildman–Crippen LogP) is 3.93. The van der Waals surface area contributed by atoms with Gasteiger partial charge in [-0.3, -0.25) is 0 Å². The van der Waals surface area contributed by atoms with Crippen molar-refractivity contribution in [2.24, 2.45) is 0 Å². The van der Waals surface area contributed by atoms with Crippen molar-refractivity contribution in [2.75, 3.05) is 21.3 Å². The molecule has 0 atom stereocenters. The third-order valence-corrected chi connectivity index (χ3v) is 4.37. The monoisotopic (exact) mass is 329 g/mol. The zero-order valence-electron chi connectivity index (χ0n) is 15.4. The van der Waals surface area contributed by atoms with E-state index in [4.69, 9.17) is 14.2 Å². The first-order valence-electron chi connectivity index (χ1n) is 8.07. The lowest BCUT2D eigenvalue weighted by molar-refractivity contribution is 0.321. The van der Waals surface area contributed by atoms with E-state index in [1.165, 1.54) is 22.3 Å². The van der Waals surface area contributed by atoms with Crippen LogP contribution in [0.4, 0.5) is 0 Å². The standard InChI is InChI=1S/C20H27NO3/c1-13-9-15(3)17(10-14(13)2)12-21-11-16-7-8-18(22-4)20(24-6)19(16)23-5/h7-10,21H,11-12H2,1-6H3. The van der Waals surface area contributed by atoms with Crippen LogP contribution < -0.4 is 19.5 Å². The molecule has 2 rings (SSSR count). The van der Waals surface area contributed by atoms with Crippen LogP contribution >= 0.6 is 0 Å². The van der Waals surface area contributed by atoms with Crippen molar-refractivity contribution < 1.29 is 14.2 Å². The van der Waals surface area contributed by atoms with E-state index in [2.05, 4.69) is 38.2 Å². The van der Waals surface area contributed by atoms with Crippen LogP contribution in [0.25, 0.3) is 0 Å². The van der Waals surface area contributed by atoms with E-state index in [-0.39, 0.29) is 0 Å². The minimum absolute atomic E-state index is 0.627. The molecule has 0 aliphatic heterocycles. The Bertz CT molecular complexity index is 711. The van der Waals surface area contributed by atoms with Gasteiger partial charge in [-0.25, -0.2) is 0 Å². The van der Waals surface area contributed by atoms with E-state index in [0.29, 0.717) is 23.8 Å². The van der Waals surface area contributed by atoms with Gasteiger partial charge in [-0.15, -0.1) is 0 Å². The van der Waals surface area contributed by atoms with E-state index >= 15 is 0 Å². The highest BCUT2D eigenvalue weighted by Crippen LogP contribution is 2.39. The Morgan fingerprint density at radius 3 is 1.96 bits per heavy atom. The Morgan fingerprint density at radius 2 is 1.33 bits per heavy atom. The number of ether oxygens (including phenoxy) is 3. The summed E-state index contributed by atoms with van der Waals surface area (Å²) >= 11 is 0. The number of hydrogen-bond donors (Lipinski definition) is 1. The quantitative estimate of drug-likeness (QED) is 0.835. The molecule has 0 unspecified atom stereocenters. The number of hydrogen-bond acceptors (Lipinski definition) is 4. The number of methoxy groups -OCH3 is 3. The average molecular weight is 329 g/mol. The van der Waals surface area contributed by atoms with Gasteiger partial charge in [0, 0.05) is 18.7 Å². The predicted molar refractivity (Wildman–Crippen MR) is 97.3 cm³/mol. The molecule has 0 saturated carbocycles. The molecule has 24 heavy (non-hydrogen) atoms. The van der Waals surface area contributed by atoms with Gasteiger partial charge in [-0.1, -0.05) is 18.2 Å². The molecule has 0 heterocycles. The molecule has 2 aromatic rings. The molecule has 4 nitrogen and oxygen atoms in total. The zero-order valence-corrected chi connectivity index (χ0v) is 15.4. The highest BCUT2D eigenvalue weighted by molar-refractivity contribution is 5.55. The largest absolute Gasteiger partial charge is 0.493 e. The molecule has 0 spiro atoms. The van der Waals surface area contributed by atoms with E-state index in [0.717, 1.165) is 12.1 Å². The number of nitrogens with one attached hydrogen (secondary N) is 1. The molecule has 1 N–H and O–H groups in total. The van der Waals surface area contributed by atoms with Crippen molar-refractivity contribution in [2.45, 2.75) is 33.9 Å². The smallest absolute Gasteiger partial charge is 0.203 e. The lowest BCUT2D eigenvalue weighted by Crippen LogP contribution is -2.15. The molecule has 0 aromatic heterocycles. The fourth-order valence-electron chi connectivity index (χ4n) is 2.84. The van der Waals surface area contributed by atoms with Crippen molar-refractivity contribution >= 4 is 0 Å². The molecular formula is C20H27NO3. The maximum absolute atomic E-state index is 5.53. The lowest BCUT2D eigenvalue weighted by Gasteiger charge is -2.16. The average Bonchev–Trinajstić information content (AvgIpc) is 2.58. The van der Waals surface area contributed by atoms with Gasteiger partial charge in [0.15, 0.2) is 11.5 Å². The summed E-state index contributed by atoms with van der Waals surface area (Å²) < 4.78 is 16.3. The van der Waals surface area contributed by atoms with Gasteiger partial charge in [0.1, 0.15) is 0 Å². The minimum Gasteiger partial charge on any atom is -0.493 e. The van der Waals surface area contributed by atoms with Gasteiger partial charge >= 0.3 is 0 Å². The fraction of sp³-hybridized carbons (Fsp3) is 0.400. The summed E-state index contributed by atoms with van der Waals surface area (Å²) in [6, 6.07) is 8.40. The third-order valence-electron chi connectivity index (χ3n) is 4.37. The molecule has 0 fully saturated rings. The molecule has 0 aliphatic rings. The highest BCUT2D eigenvalue weighted by atomic mass is 16.5. The number of aryl methyl sites for hydroxylation is 3. The fourth-order valence-corrected chi connectivity index (χ4v) is 2.84. The Kier molecular flexibility index (Phi) is 6.10. The Balaban J connectivity index is 2.14. The van der Waals surface area contributed by atoms with Gasteiger partial charge in [0.25, 0.3) is 0 Å². The van der Waals surface area contributed by atoms with Crippen LogP contribution in [-0.2, 0) is 13.1 Å². The summed E-state index contributed by atoms with van der Waals surface area (Å²) in [6.07, 6.45) is 0. The normalized spacial score (nSPS) is 10.6. The zero-order chi connectivity index (χ0) is 17.7. The second-order valence-electron chi connectivity index (χ2n) is 5.96. The summed E-state index contributed by atoms with van der Waals surface area (Å²) in [4.78, 5) is 0. The Morgan fingerprint density at radius 1 is 0.708 bits per heavy atom. The molecule has 0 saturated heterocycles. The van der Waals surface area contributed by atoms with Crippen LogP contribution in [0.2, 0.25) is 0 Å². The van der Waals surface area contributed by atoms with Gasteiger partial charge in [-0.2, -0.15) is 0 Å². The van der Waals surface area contributed by atoms with E-state index in [1.54, 1.807) is 21.3 Å². The number of rotatable bonds is 7. The first-order chi connectivity index (χ1) is 11.5. The molecule has 4 heteroatoms. The molecule has 0 radical (unpaired) electrons. The third kappa shape index (κ3) is 3.82. The van der Waals surface area contributed by atoms with Crippen LogP contribution in [0.5, 0.6) is 17.2 Å². The molecule has 0 aliphatic carbocycles. The van der Waals surface area contributed by atoms with Crippen molar-refractivity contribution in [1.29, 1.82) is 0 Å². The van der Waals surface area contributed by atoms with Crippen molar-refractivity contribution in [3.63, 3.8) is 0 Å². The summed E-state index contributed by atoms with van der Waals surface area (Å²) in [5.41, 5.74) is 6.32. The van der Waals surface area contributed by atoms with Crippen molar-refractivity contribution in [3.8, 4) is 17.2 Å². The van der Waals surface area contributed by atoms with Crippen molar-refractivity contribution in [1.82, 2.24) is 5.32 Å². The summed E-state index contributed by atoms with van der Waals surface area (Å²) in [7, 11) is 4.89. The van der Waals surface area contributed by atoms with Crippen LogP contribution in [0.3, 0.4) is 0 Å². The SMILES string of the molecule is COc1ccc(CNCc2cc(C)c(C)cc2C)c(OC)c1OC. The first kappa shape index (κ1) is 18.1. The molecular weight excluding hydrogens is 302 g/mol. The molecule has 130 valence electrons. The first-order valence-corrected chi connectivity index (χ1v) is 8.07. The van der Waals surface area contributed by atoms with Gasteiger partial charge < -0.3 is 19.5 Å². The molecule has 0 bridgehead atoms. The summed E-state index contributed by atoms with van der Waals surface area (Å²) in [6.45, 7) is 7.95. The topological polar surface area (TPSA) is 39.7 Å². The van der Waals surface area contributed by atoms with E-state index < -0.39 is 0 Å². The van der Waals surface area contributed by atoms with Gasteiger partial charge in [0.05, 0.1) is 21.3 Å².